The Bertz CT molecular complexity index is 307. The minimum Gasteiger partial charge on any atom is -0.480 e. The van der Waals surface area contributed by atoms with Crippen LogP contribution >= 0.6 is 0 Å². The third-order valence-corrected chi connectivity index (χ3v) is 3.09. The molecule has 7 heteroatoms. The smallest absolute Gasteiger partial charge is 0.323 e. The van der Waals surface area contributed by atoms with Crippen LogP contribution in [-0.4, -0.2) is 79.9 Å². The van der Waals surface area contributed by atoms with Crippen LogP contribution in [0.25, 0.3) is 0 Å². The summed E-state index contributed by atoms with van der Waals surface area (Å²) in [7, 11) is 3.55. The standard InChI is InChI=1S/C12H23N3O4/c1-14(10-3-4-10)6-5-13-12(18)15(7-8-19-2)9-11(16)17/h10H,3-9H2,1-2H3,(H,13,18)(H,16,17). The first-order valence-electron chi connectivity index (χ1n) is 6.48. The quantitative estimate of drug-likeness (QED) is 0.609. The van der Waals surface area contributed by atoms with E-state index in [1.165, 1.54) is 24.9 Å². The van der Waals surface area contributed by atoms with Gasteiger partial charge in [-0.15, -0.1) is 0 Å². The van der Waals surface area contributed by atoms with Crippen molar-refractivity contribution in [2.45, 2.75) is 18.9 Å². The molecule has 0 aliphatic heterocycles. The monoisotopic (exact) mass is 273 g/mol. The molecule has 0 radical (unpaired) electrons. The van der Waals surface area contributed by atoms with E-state index in [1.807, 2.05) is 7.05 Å². The zero-order valence-corrected chi connectivity index (χ0v) is 11.6. The van der Waals surface area contributed by atoms with E-state index >= 15 is 0 Å². The zero-order valence-electron chi connectivity index (χ0n) is 11.6. The highest BCUT2D eigenvalue weighted by molar-refractivity contribution is 5.80. The van der Waals surface area contributed by atoms with E-state index in [1.54, 1.807) is 0 Å². The van der Waals surface area contributed by atoms with Gasteiger partial charge in [-0.25, -0.2) is 4.79 Å². The average Bonchev–Trinajstić information content (AvgIpc) is 3.17. The Kier molecular flexibility index (Phi) is 6.58. The van der Waals surface area contributed by atoms with Gasteiger partial charge in [-0.05, 0) is 19.9 Å². The van der Waals surface area contributed by atoms with Gasteiger partial charge in [-0.2, -0.15) is 0 Å². The number of methoxy groups -OCH3 is 1. The molecule has 1 aliphatic rings. The summed E-state index contributed by atoms with van der Waals surface area (Å²) in [6, 6.07) is 0.296. The first-order valence-corrected chi connectivity index (χ1v) is 6.48. The lowest BCUT2D eigenvalue weighted by atomic mass is 10.4. The molecule has 0 unspecified atom stereocenters. The summed E-state index contributed by atoms with van der Waals surface area (Å²) in [5.41, 5.74) is 0. The summed E-state index contributed by atoms with van der Waals surface area (Å²) in [6.07, 6.45) is 2.45. The third kappa shape index (κ3) is 6.40. The number of ether oxygens (including phenoxy) is 1. The molecule has 0 aromatic rings. The minimum atomic E-state index is -1.03. The fourth-order valence-corrected chi connectivity index (χ4v) is 1.77. The number of likely N-dealkylation sites (N-methyl/N-ethyl adjacent to an activating group) is 1. The second-order valence-electron chi connectivity index (χ2n) is 4.75. The van der Waals surface area contributed by atoms with Crippen LogP contribution in [0.15, 0.2) is 0 Å². The number of hydrogen-bond acceptors (Lipinski definition) is 4. The lowest BCUT2D eigenvalue weighted by Crippen LogP contribution is -2.46. The Morgan fingerprint density at radius 2 is 2.05 bits per heavy atom. The molecular weight excluding hydrogens is 250 g/mol. The number of carboxylic acids is 1. The van der Waals surface area contributed by atoms with Crippen LogP contribution in [0, 0.1) is 0 Å². The molecule has 1 rings (SSSR count). The van der Waals surface area contributed by atoms with E-state index in [2.05, 4.69) is 10.2 Å². The van der Waals surface area contributed by atoms with Crippen LogP contribution in [0.3, 0.4) is 0 Å². The number of amides is 2. The normalized spacial score (nSPS) is 14.5. The first kappa shape index (κ1) is 15.7. The highest BCUT2D eigenvalue weighted by Gasteiger charge is 2.25. The van der Waals surface area contributed by atoms with Gasteiger partial charge in [0.2, 0.25) is 0 Å². The van der Waals surface area contributed by atoms with Crippen molar-refractivity contribution in [1.29, 1.82) is 0 Å². The molecule has 0 aromatic carbocycles. The van der Waals surface area contributed by atoms with Gasteiger partial charge in [0.05, 0.1) is 6.61 Å². The topological polar surface area (TPSA) is 82.1 Å². The van der Waals surface area contributed by atoms with Gasteiger partial charge in [-0.1, -0.05) is 0 Å². The molecule has 7 nitrogen and oxygen atoms in total. The van der Waals surface area contributed by atoms with Crippen molar-refractivity contribution >= 4 is 12.0 Å². The summed E-state index contributed by atoms with van der Waals surface area (Å²) in [5.74, 6) is -1.03. The number of carboxylic acid groups (broad SMARTS) is 1. The maximum absolute atomic E-state index is 11.8. The molecule has 0 aromatic heterocycles. The highest BCUT2D eigenvalue weighted by Crippen LogP contribution is 2.24. The van der Waals surface area contributed by atoms with Gasteiger partial charge in [0.25, 0.3) is 0 Å². The number of urea groups is 1. The maximum atomic E-state index is 11.8. The summed E-state index contributed by atoms with van der Waals surface area (Å²) in [4.78, 5) is 26.0. The lowest BCUT2D eigenvalue weighted by Gasteiger charge is -2.22. The highest BCUT2D eigenvalue weighted by atomic mass is 16.5. The predicted octanol–water partition coefficient (Wildman–Crippen LogP) is -0.177. The molecule has 1 saturated carbocycles. The van der Waals surface area contributed by atoms with Crippen LogP contribution in [-0.2, 0) is 9.53 Å². The van der Waals surface area contributed by atoms with E-state index in [9.17, 15) is 9.59 Å². The number of rotatable bonds is 9. The largest absolute Gasteiger partial charge is 0.480 e. The number of nitrogens with zero attached hydrogens (tertiary/aromatic N) is 2. The van der Waals surface area contributed by atoms with Crippen LogP contribution in [0.4, 0.5) is 4.79 Å². The van der Waals surface area contributed by atoms with E-state index in [4.69, 9.17) is 9.84 Å². The van der Waals surface area contributed by atoms with E-state index in [0.717, 1.165) is 6.54 Å². The summed E-state index contributed by atoms with van der Waals surface area (Å²) < 4.78 is 4.86. The molecule has 0 spiro atoms. The van der Waals surface area contributed by atoms with Gasteiger partial charge in [0.1, 0.15) is 6.54 Å². The molecule has 1 aliphatic carbocycles. The molecule has 0 atom stereocenters. The first-order chi connectivity index (χ1) is 9.04. The number of carbonyl (C=O) groups is 2. The lowest BCUT2D eigenvalue weighted by molar-refractivity contribution is -0.137. The van der Waals surface area contributed by atoms with Crippen LogP contribution < -0.4 is 5.32 Å². The maximum Gasteiger partial charge on any atom is 0.323 e. The van der Waals surface area contributed by atoms with Crippen molar-refractivity contribution in [3.8, 4) is 0 Å². The Hall–Kier alpha value is -1.34. The van der Waals surface area contributed by atoms with Gasteiger partial charge in [-0.3, -0.25) is 4.79 Å². The molecule has 110 valence electrons. The Labute approximate surface area is 113 Å². The Morgan fingerprint density at radius 1 is 1.37 bits per heavy atom. The molecule has 0 heterocycles. The fourth-order valence-electron chi connectivity index (χ4n) is 1.77. The van der Waals surface area contributed by atoms with Crippen molar-refractivity contribution in [3.05, 3.63) is 0 Å². The van der Waals surface area contributed by atoms with Crippen molar-refractivity contribution in [2.24, 2.45) is 0 Å². The molecular formula is C12H23N3O4. The van der Waals surface area contributed by atoms with Crippen molar-refractivity contribution in [2.75, 3.05) is 46.9 Å². The summed E-state index contributed by atoms with van der Waals surface area (Å²) in [5, 5.41) is 11.5. The number of hydrogen-bond donors (Lipinski definition) is 2. The van der Waals surface area contributed by atoms with Crippen molar-refractivity contribution < 1.29 is 19.4 Å². The molecule has 2 amide bonds. The average molecular weight is 273 g/mol. The summed E-state index contributed by atoms with van der Waals surface area (Å²) in [6.45, 7) is 1.58. The second-order valence-corrected chi connectivity index (χ2v) is 4.75. The van der Waals surface area contributed by atoms with Crippen molar-refractivity contribution in [1.82, 2.24) is 15.1 Å². The zero-order chi connectivity index (χ0) is 14.3. The number of carbonyl (C=O) groups excluding carboxylic acids is 1. The third-order valence-electron chi connectivity index (χ3n) is 3.09. The molecule has 2 N–H and O–H groups in total. The van der Waals surface area contributed by atoms with Gasteiger partial charge < -0.3 is 25.0 Å². The van der Waals surface area contributed by atoms with E-state index in [0.29, 0.717) is 19.2 Å². The summed E-state index contributed by atoms with van der Waals surface area (Å²) >= 11 is 0. The Balaban J connectivity index is 2.26. The predicted molar refractivity (Wildman–Crippen MR) is 70.1 cm³/mol. The Morgan fingerprint density at radius 3 is 2.58 bits per heavy atom. The minimum absolute atomic E-state index is 0.271. The molecule has 1 fully saturated rings. The van der Waals surface area contributed by atoms with Crippen LogP contribution in [0.5, 0.6) is 0 Å². The van der Waals surface area contributed by atoms with Crippen LogP contribution in [0.2, 0.25) is 0 Å². The molecule has 0 bridgehead atoms. The van der Waals surface area contributed by atoms with E-state index in [-0.39, 0.29) is 19.1 Å². The molecule has 19 heavy (non-hydrogen) atoms. The van der Waals surface area contributed by atoms with Gasteiger partial charge in [0.15, 0.2) is 0 Å². The SMILES string of the molecule is COCCN(CC(=O)O)C(=O)NCCN(C)C1CC1. The second kappa shape index (κ2) is 7.96. The fraction of sp³-hybridized carbons (Fsp3) is 0.833. The molecule has 0 saturated heterocycles. The number of aliphatic carboxylic acids is 1. The van der Waals surface area contributed by atoms with Crippen LogP contribution in [0.1, 0.15) is 12.8 Å². The van der Waals surface area contributed by atoms with Gasteiger partial charge in [0, 0.05) is 32.8 Å². The van der Waals surface area contributed by atoms with Gasteiger partial charge >= 0.3 is 12.0 Å². The van der Waals surface area contributed by atoms with Crippen molar-refractivity contribution in [3.63, 3.8) is 0 Å². The van der Waals surface area contributed by atoms with E-state index < -0.39 is 5.97 Å². The number of nitrogens with one attached hydrogen (secondary N) is 1.